The zero-order valence-electron chi connectivity index (χ0n) is 23.6. The predicted octanol–water partition coefficient (Wildman–Crippen LogP) is 4.13. The van der Waals surface area contributed by atoms with E-state index in [2.05, 4.69) is 10.6 Å². The Hall–Kier alpha value is -3.10. The molecule has 3 unspecified atom stereocenters. The number of ether oxygens (including phenoxy) is 1. The summed E-state index contributed by atoms with van der Waals surface area (Å²) in [4.78, 5) is 53.5. The molecule has 9 heteroatoms. The van der Waals surface area contributed by atoms with Crippen LogP contribution in [0.2, 0.25) is 0 Å². The Bertz CT molecular complexity index is 912. The van der Waals surface area contributed by atoms with Crippen molar-refractivity contribution >= 4 is 23.8 Å². The van der Waals surface area contributed by atoms with Gasteiger partial charge in [-0.25, -0.2) is 4.79 Å². The molecule has 1 aromatic carbocycles. The standard InChI is InChI=1S/C28H46N4O5/c1-8-10-11-16-32(26(35)22(18-23(29)33)31-27(36)37-28(5,6)7)24(21-15-12-14-19(3)17-21)25(34)30-20(4)13-9-2/h12,14-15,17,20,22,24H,8-11,13,16,18H2,1-7H3,(H2,29,33)(H,30,34)(H,31,36). The van der Waals surface area contributed by atoms with Crippen LogP contribution in [-0.4, -0.2) is 52.9 Å². The van der Waals surface area contributed by atoms with E-state index in [1.165, 1.54) is 4.90 Å². The SMILES string of the molecule is CCCCCN(C(=O)C(CC(N)=O)NC(=O)OC(C)(C)C)C(C(=O)NC(C)CCC)c1cccc(C)c1. The van der Waals surface area contributed by atoms with Gasteiger partial charge in [-0.1, -0.05) is 62.9 Å². The van der Waals surface area contributed by atoms with Crippen LogP contribution in [0.4, 0.5) is 4.79 Å². The van der Waals surface area contributed by atoms with Gasteiger partial charge in [-0.05, 0) is 53.0 Å². The van der Waals surface area contributed by atoms with Crippen molar-refractivity contribution in [1.29, 1.82) is 0 Å². The number of nitrogens with one attached hydrogen (secondary N) is 2. The maximum atomic E-state index is 14.0. The molecule has 0 radical (unpaired) electrons. The summed E-state index contributed by atoms with van der Waals surface area (Å²) in [6.07, 6.45) is 2.84. The van der Waals surface area contributed by atoms with Crippen LogP contribution < -0.4 is 16.4 Å². The van der Waals surface area contributed by atoms with Gasteiger partial charge in [0.15, 0.2) is 0 Å². The molecule has 3 atom stereocenters. The molecule has 0 saturated heterocycles. The summed E-state index contributed by atoms with van der Waals surface area (Å²) in [6.45, 7) is 13.3. The lowest BCUT2D eigenvalue weighted by molar-refractivity contribution is -0.143. The lowest BCUT2D eigenvalue weighted by atomic mass is 9.99. The number of benzene rings is 1. The maximum absolute atomic E-state index is 14.0. The van der Waals surface area contributed by atoms with Crippen LogP contribution in [-0.2, 0) is 19.1 Å². The Morgan fingerprint density at radius 2 is 1.73 bits per heavy atom. The van der Waals surface area contributed by atoms with Crippen molar-refractivity contribution in [2.45, 2.75) is 111 Å². The van der Waals surface area contributed by atoms with Crippen LogP contribution in [0.15, 0.2) is 24.3 Å². The fourth-order valence-electron chi connectivity index (χ4n) is 4.09. The highest BCUT2D eigenvalue weighted by molar-refractivity contribution is 5.94. The summed E-state index contributed by atoms with van der Waals surface area (Å²) in [5.74, 6) is -1.63. The number of carbonyl (C=O) groups excluding carboxylic acids is 4. The molecular weight excluding hydrogens is 472 g/mol. The third-order valence-corrected chi connectivity index (χ3v) is 5.71. The number of rotatable bonds is 14. The van der Waals surface area contributed by atoms with Crippen LogP contribution in [0.3, 0.4) is 0 Å². The Labute approximate surface area is 221 Å². The summed E-state index contributed by atoms with van der Waals surface area (Å²) in [6, 6.07) is 5.14. The van der Waals surface area contributed by atoms with E-state index in [0.717, 1.165) is 31.2 Å². The Morgan fingerprint density at radius 3 is 2.27 bits per heavy atom. The Balaban J connectivity index is 3.50. The highest BCUT2D eigenvalue weighted by Gasteiger charge is 2.37. The minimum absolute atomic E-state index is 0.0845. The van der Waals surface area contributed by atoms with Crippen LogP contribution in [0.5, 0.6) is 0 Å². The van der Waals surface area contributed by atoms with E-state index < -0.39 is 42.0 Å². The van der Waals surface area contributed by atoms with Gasteiger partial charge in [0, 0.05) is 12.6 Å². The van der Waals surface area contributed by atoms with E-state index in [-0.39, 0.29) is 18.5 Å². The number of nitrogens with zero attached hydrogens (tertiary/aromatic N) is 1. The molecule has 0 fully saturated rings. The average Bonchev–Trinajstić information content (AvgIpc) is 2.76. The molecule has 4 amide bonds. The van der Waals surface area contributed by atoms with Gasteiger partial charge in [0.25, 0.3) is 0 Å². The lowest BCUT2D eigenvalue weighted by Gasteiger charge is -2.35. The smallest absolute Gasteiger partial charge is 0.408 e. The molecule has 0 spiro atoms. The maximum Gasteiger partial charge on any atom is 0.408 e. The van der Waals surface area contributed by atoms with E-state index in [0.29, 0.717) is 12.0 Å². The molecule has 4 N–H and O–H groups in total. The van der Waals surface area contributed by atoms with Crippen LogP contribution >= 0.6 is 0 Å². The molecule has 0 aliphatic heterocycles. The lowest BCUT2D eigenvalue weighted by Crippen LogP contribution is -2.54. The van der Waals surface area contributed by atoms with Crippen LogP contribution in [0.25, 0.3) is 0 Å². The van der Waals surface area contributed by atoms with Crippen molar-refractivity contribution in [3.05, 3.63) is 35.4 Å². The van der Waals surface area contributed by atoms with Gasteiger partial charge >= 0.3 is 6.09 Å². The summed E-state index contributed by atoms with van der Waals surface area (Å²) in [5.41, 5.74) is 6.24. The highest BCUT2D eigenvalue weighted by Crippen LogP contribution is 2.25. The van der Waals surface area contributed by atoms with Crippen LogP contribution in [0, 0.1) is 6.92 Å². The number of primary amides is 1. The van der Waals surface area contributed by atoms with Gasteiger partial charge in [0.05, 0.1) is 6.42 Å². The second-order valence-corrected chi connectivity index (χ2v) is 10.6. The van der Waals surface area contributed by atoms with Crippen molar-refractivity contribution in [1.82, 2.24) is 15.5 Å². The molecule has 37 heavy (non-hydrogen) atoms. The van der Waals surface area contributed by atoms with Crippen LogP contribution in [0.1, 0.15) is 97.2 Å². The molecule has 0 aliphatic carbocycles. The normalized spacial score (nSPS) is 13.7. The molecule has 1 rings (SSSR count). The summed E-state index contributed by atoms with van der Waals surface area (Å²) in [5, 5.41) is 5.55. The fraction of sp³-hybridized carbons (Fsp3) is 0.643. The molecule has 0 aliphatic rings. The van der Waals surface area contributed by atoms with Gasteiger partial charge in [-0.3, -0.25) is 14.4 Å². The summed E-state index contributed by atoms with van der Waals surface area (Å²) >= 11 is 0. The van der Waals surface area contributed by atoms with E-state index >= 15 is 0 Å². The Morgan fingerprint density at radius 1 is 1.05 bits per heavy atom. The first-order valence-corrected chi connectivity index (χ1v) is 13.2. The third-order valence-electron chi connectivity index (χ3n) is 5.71. The topological polar surface area (TPSA) is 131 Å². The molecular formula is C28H46N4O5. The molecule has 0 heterocycles. The first-order chi connectivity index (χ1) is 17.3. The monoisotopic (exact) mass is 518 g/mol. The molecule has 0 saturated carbocycles. The Kier molecular flexibility index (Phi) is 13.1. The van der Waals surface area contributed by atoms with E-state index in [9.17, 15) is 19.2 Å². The van der Waals surface area contributed by atoms with Crippen molar-refractivity contribution < 1.29 is 23.9 Å². The number of hydrogen-bond acceptors (Lipinski definition) is 5. The third kappa shape index (κ3) is 11.7. The molecule has 0 aromatic heterocycles. The number of carbonyl (C=O) groups is 4. The van der Waals surface area contributed by atoms with Gasteiger partial charge < -0.3 is 26.0 Å². The minimum Gasteiger partial charge on any atom is -0.444 e. The number of amides is 4. The van der Waals surface area contributed by atoms with Crippen molar-refractivity contribution in [3.8, 4) is 0 Å². The van der Waals surface area contributed by atoms with E-state index in [4.69, 9.17) is 10.5 Å². The predicted molar refractivity (Wildman–Crippen MR) is 145 cm³/mol. The van der Waals surface area contributed by atoms with Gasteiger partial charge in [-0.2, -0.15) is 0 Å². The summed E-state index contributed by atoms with van der Waals surface area (Å²) < 4.78 is 5.31. The number of aryl methyl sites for hydroxylation is 1. The van der Waals surface area contributed by atoms with Gasteiger partial charge in [0.2, 0.25) is 17.7 Å². The number of hydrogen-bond donors (Lipinski definition) is 3. The van der Waals surface area contributed by atoms with Gasteiger partial charge in [-0.15, -0.1) is 0 Å². The van der Waals surface area contributed by atoms with Gasteiger partial charge in [0.1, 0.15) is 17.7 Å². The second kappa shape index (κ2) is 15.2. The van der Waals surface area contributed by atoms with E-state index in [1.54, 1.807) is 20.8 Å². The minimum atomic E-state index is -1.28. The second-order valence-electron chi connectivity index (χ2n) is 10.6. The zero-order valence-corrected chi connectivity index (χ0v) is 23.6. The van der Waals surface area contributed by atoms with E-state index in [1.807, 2.05) is 52.0 Å². The van der Waals surface area contributed by atoms with Crippen molar-refractivity contribution in [2.75, 3.05) is 6.54 Å². The van der Waals surface area contributed by atoms with Crippen molar-refractivity contribution in [3.63, 3.8) is 0 Å². The fourth-order valence-corrected chi connectivity index (χ4v) is 4.09. The molecule has 0 bridgehead atoms. The first-order valence-electron chi connectivity index (χ1n) is 13.2. The highest BCUT2D eigenvalue weighted by atomic mass is 16.6. The number of unbranched alkanes of at least 4 members (excludes halogenated alkanes) is 2. The molecule has 9 nitrogen and oxygen atoms in total. The molecule has 208 valence electrons. The largest absolute Gasteiger partial charge is 0.444 e. The summed E-state index contributed by atoms with van der Waals surface area (Å²) in [7, 11) is 0. The zero-order chi connectivity index (χ0) is 28.2. The first kappa shape index (κ1) is 31.9. The number of alkyl carbamates (subject to hydrolysis) is 1. The molecule has 1 aromatic rings. The quantitative estimate of drug-likeness (QED) is 0.319. The number of nitrogens with two attached hydrogens (primary N) is 1. The van der Waals surface area contributed by atoms with Crippen molar-refractivity contribution in [2.24, 2.45) is 5.73 Å². The average molecular weight is 519 g/mol.